The average Bonchev–Trinajstić information content (AvgIpc) is 1.83. The van der Waals surface area contributed by atoms with Crippen molar-refractivity contribution in [2.45, 2.75) is 39.2 Å². The Morgan fingerprint density at radius 2 is 2.27 bits per heavy atom. The molecule has 0 unspecified atom stereocenters. The average molecular weight is 155 g/mol. The van der Waals surface area contributed by atoms with Gasteiger partial charge in [0.2, 0.25) is 0 Å². The molecule has 63 valence electrons. The lowest BCUT2D eigenvalue weighted by molar-refractivity contribution is -0.154. The second kappa shape index (κ2) is 3.74. The molecule has 1 atom stereocenters. The normalized spacial score (nSPS) is 20.5. The van der Waals surface area contributed by atoms with E-state index in [2.05, 4.69) is 0 Å². The molecule has 0 amide bonds. The lowest BCUT2D eigenvalue weighted by atomic mass is 9.86. The van der Waals surface area contributed by atoms with Gasteiger partial charge in [0.25, 0.3) is 0 Å². The van der Waals surface area contributed by atoms with Gasteiger partial charge in [-0.1, -0.05) is 13.3 Å². The predicted octanol–water partition coefficient (Wildman–Crippen LogP) is 1.94. The quantitative estimate of drug-likeness (QED) is 0.582. The van der Waals surface area contributed by atoms with Crippen molar-refractivity contribution in [1.82, 2.24) is 0 Å². The van der Waals surface area contributed by atoms with Crippen LogP contribution in [0.2, 0.25) is 0 Å². The number of hydrogen-bond donors (Lipinski definition) is 0. The van der Waals surface area contributed by atoms with Crippen LogP contribution in [0.15, 0.2) is 0 Å². The zero-order chi connectivity index (χ0) is 8.27. The largest absolute Gasteiger partial charge is 0.462 e. The second-order valence-corrected chi connectivity index (χ2v) is 3.10. The Bertz CT molecular complexity index is 138. The molecular formula is C9H15O2. The summed E-state index contributed by atoms with van der Waals surface area (Å²) in [5, 5.41) is 0. The second-order valence-electron chi connectivity index (χ2n) is 3.10. The Hall–Kier alpha value is -0.530. The van der Waals surface area contributed by atoms with Crippen molar-refractivity contribution in [2.75, 3.05) is 0 Å². The molecule has 11 heavy (non-hydrogen) atoms. The van der Waals surface area contributed by atoms with Gasteiger partial charge in [-0.2, -0.15) is 0 Å². The molecule has 1 aliphatic carbocycles. The van der Waals surface area contributed by atoms with Crippen molar-refractivity contribution in [3.63, 3.8) is 0 Å². The van der Waals surface area contributed by atoms with Gasteiger partial charge >= 0.3 is 5.97 Å². The van der Waals surface area contributed by atoms with Crippen molar-refractivity contribution >= 4 is 5.97 Å². The van der Waals surface area contributed by atoms with E-state index in [-0.39, 0.29) is 18.0 Å². The van der Waals surface area contributed by atoms with E-state index in [4.69, 9.17) is 4.74 Å². The summed E-state index contributed by atoms with van der Waals surface area (Å²) in [5.74, 6) is 0.194. The van der Waals surface area contributed by atoms with Crippen LogP contribution in [0.4, 0.5) is 0 Å². The summed E-state index contributed by atoms with van der Waals surface area (Å²) in [6, 6.07) is 0. The van der Waals surface area contributed by atoms with Crippen molar-refractivity contribution < 1.29 is 9.53 Å². The number of hydrogen-bond acceptors (Lipinski definition) is 2. The van der Waals surface area contributed by atoms with Crippen LogP contribution in [0.25, 0.3) is 0 Å². The molecule has 1 fully saturated rings. The SMILES string of the molecule is C[CH][C@H](C)OC(=O)C1CCC1. The van der Waals surface area contributed by atoms with E-state index in [0.29, 0.717) is 0 Å². The first-order valence-corrected chi connectivity index (χ1v) is 4.24. The van der Waals surface area contributed by atoms with E-state index in [1.165, 1.54) is 6.42 Å². The molecule has 0 aromatic carbocycles. The predicted molar refractivity (Wildman–Crippen MR) is 42.9 cm³/mol. The Kier molecular flexibility index (Phi) is 2.92. The highest BCUT2D eigenvalue weighted by Crippen LogP contribution is 2.27. The number of carbonyl (C=O) groups is 1. The van der Waals surface area contributed by atoms with Crippen LogP contribution >= 0.6 is 0 Å². The Balaban J connectivity index is 2.19. The zero-order valence-corrected chi connectivity index (χ0v) is 7.17. The van der Waals surface area contributed by atoms with Crippen LogP contribution in [0.3, 0.4) is 0 Å². The summed E-state index contributed by atoms with van der Waals surface area (Å²) < 4.78 is 5.11. The van der Waals surface area contributed by atoms with E-state index in [1.54, 1.807) is 0 Å². The summed E-state index contributed by atoms with van der Waals surface area (Å²) in [6.45, 7) is 3.79. The summed E-state index contributed by atoms with van der Waals surface area (Å²) in [5.41, 5.74) is 0. The van der Waals surface area contributed by atoms with Crippen LogP contribution in [-0.2, 0) is 9.53 Å². The first-order valence-electron chi connectivity index (χ1n) is 4.24. The first kappa shape index (κ1) is 8.57. The van der Waals surface area contributed by atoms with E-state index >= 15 is 0 Å². The number of rotatable bonds is 3. The highest BCUT2D eigenvalue weighted by atomic mass is 16.5. The monoisotopic (exact) mass is 155 g/mol. The zero-order valence-electron chi connectivity index (χ0n) is 7.17. The third kappa shape index (κ3) is 2.21. The molecule has 1 rings (SSSR count). The Morgan fingerprint density at radius 3 is 2.64 bits per heavy atom. The lowest BCUT2D eigenvalue weighted by Gasteiger charge is -2.24. The summed E-state index contributed by atoms with van der Waals surface area (Å²) in [4.78, 5) is 11.2. The molecule has 0 aromatic rings. The molecule has 1 radical (unpaired) electrons. The maximum atomic E-state index is 11.2. The van der Waals surface area contributed by atoms with Gasteiger partial charge in [-0.3, -0.25) is 4.79 Å². The minimum Gasteiger partial charge on any atom is -0.462 e. The van der Waals surface area contributed by atoms with Gasteiger partial charge in [-0.15, -0.1) is 0 Å². The van der Waals surface area contributed by atoms with Crippen molar-refractivity contribution in [1.29, 1.82) is 0 Å². The van der Waals surface area contributed by atoms with Gasteiger partial charge in [0.05, 0.1) is 5.92 Å². The van der Waals surface area contributed by atoms with Gasteiger partial charge in [0.15, 0.2) is 0 Å². The van der Waals surface area contributed by atoms with E-state index < -0.39 is 0 Å². The Labute approximate surface area is 67.9 Å². The third-order valence-corrected chi connectivity index (χ3v) is 2.21. The molecule has 2 nitrogen and oxygen atoms in total. The fourth-order valence-electron chi connectivity index (χ4n) is 0.991. The molecule has 0 saturated heterocycles. The highest BCUT2D eigenvalue weighted by Gasteiger charge is 2.27. The molecule has 1 saturated carbocycles. The Morgan fingerprint density at radius 1 is 1.64 bits per heavy atom. The molecule has 0 heterocycles. The van der Waals surface area contributed by atoms with Crippen LogP contribution in [-0.4, -0.2) is 12.1 Å². The highest BCUT2D eigenvalue weighted by molar-refractivity contribution is 5.73. The molecule has 0 aromatic heterocycles. The van der Waals surface area contributed by atoms with E-state index in [9.17, 15) is 4.79 Å². The lowest BCUT2D eigenvalue weighted by Crippen LogP contribution is -2.27. The number of ether oxygens (including phenoxy) is 1. The third-order valence-electron chi connectivity index (χ3n) is 2.21. The summed E-state index contributed by atoms with van der Waals surface area (Å²) >= 11 is 0. The van der Waals surface area contributed by atoms with Crippen LogP contribution < -0.4 is 0 Å². The van der Waals surface area contributed by atoms with Gasteiger partial charge in [0, 0.05) is 0 Å². The van der Waals surface area contributed by atoms with Crippen molar-refractivity contribution in [3.8, 4) is 0 Å². The molecule has 1 aliphatic rings. The maximum absolute atomic E-state index is 11.2. The first-order chi connectivity index (χ1) is 5.24. The minimum atomic E-state index is -0.0249. The van der Waals surface area contributed by atoms with Crippen molar-refractivity contribution in [2.24, 2.45) is 5.92 Å². The fourth-order valence-corrected chi connectivity index (χ4v) is 0.991. The number of carbonyl (C=O) groups excluding carboxylic acids is 1. The van der Waals surface area contributed by atoms with Gasteiger partial charge in [-0.05, 0) is 26.2 Å². The standard InChI is InChI=1S/C9H15O2/c1-3-7(2)11-9(10)8-5-4-6-8/h3,7-8H,4-6H2,1-2H3/t7-/m0/s1. The molecule has 0 N–H and O–H groups in total. The summed E-state index contributed by atoms with van der Waals surface area (Å²) in [7, 11) is 0. The molecule has 0 aliphatic heterocycles. The molecule has 0 spiro atoms. The van der Waals surface area contributed by atoms with Crippen LogP contribution in [0.5, 0.6) is 0 Å². The minimum absolute atomic E-state index is 0.0122. The van der Waals surface area contributed by atoms with E-state index in [1.807, 2.05) is 20.3 Å². The molecular weight excluding hydrogens is 140 g/mol. The molecule has 0 bridgehead atoms. The van der Waals surface area contributed by atoms with Crippen molar-refractivity contribution in [3.05, 3.63) is 6.42 Å². The topological polar surface area (TPSA) is 26.3 Å². The van der Waals surface area contributed by atoms with Gasteiger partial charge < -0.3 is 4.74 Å². The number of esters is 1. The maximum Gasteiger partial charge on any atom is 0.309 e. The van der Waals surface area contributed by atoms with Crippen LogP contribution in [0, 0.1) is 12.3 Å². The van der Waals surface area contributed by atoms with Gasteiger partial charge in [0.1, 0.15) is 6.10 Å². The summed E-state index contributed by atoms with van der Waals surface area (Å²) in [6.07, 6.45) is 5.09. The van der Waals surface area contributed by atoms with Gasteiger partial charge in [-0.25, -0.2) is 0 Å². The van der Waals surface area contributed by atoms with E-state index in [0.717, 1.165) is 12.8 Å². The molecule has 2 heteroatoms. The smallest absolute Gasteiger partial charge is 0.309 e. The fraction of sp³-hybridized carbons (Fsp3) is 0.778. The van der Waals surface area contributed by atoms with Crippen LogP contribution in [0.1, 0.15) is 33.1 Å².